The highest BCUT2D eigenvalue weighted by atomic mass is 35.5. The summed E-state index contributed by atoms with van der Waals surface area (Å²) in [5.74, 6) is -1.25. The lowest BCUT2D eigenvalue weighted by Gasteiger charge is -2.20. The van der Waals surface area contributed by atoms with Crippen LogP contribution in [0.15, 0.2) is 18.2 Å². The van der Waals surface area contributed by atoms with Gasteiger partial charge in [-0.15, -0.1) is 11.6 Å². The molecule has 0 aliphatic rings. The van der Waals surface area contributed by atoms with Gasteiger partial charge in [-0.1, -0.05) is 0 Å². The zero-order valence-corrected chi connectivity index (χ0v) is 13.4. The average Bonchev–Trinajstić information content (AvgIpc) is 2.36. The molecule has 0 heterocycles. The van der Waals surface area contributed by atoms with Gasteiger partial charge in [-0.3, -0.25) is 10.1 Å². The van der Waals surface area contributed by atoms with Crippen molar-refractivity contribution < 1.29 is 27.5 Å². The molecule has 0 saturated carbocycles. The van der Waals surface area contributed by atoms with Crippen LogP contribution in [0, 0.1) is 0 Å². The summed E-state index contributed by atoms with van der Waals surface area (Å²) in [6.07, 6.45) is -5.61. The Labute approximate surface area is 136 Å². The molecule has 2 amide bonds. The molecular weight excluding hydrogens is 337 g/mol. The second-order valence-corrected chi connectivity index (χ2v) is 5.83. The molecule has 5 nitrogen and oxygen atoms in total. The molecule has 0 unspecified atom stereocenters. The third-order valence-corrected chi connectivity index (χ3v) is 2.61. The molecule has 0 aliphatic heterocycles. The van der Waals surface area contributed by atoms with Gasteiger partial charge < -0.3 is 10.1 Å². The second kappa shape index (κ2) is 7.08. The van der Waals surface area contributed by atoms with E-state index in [1.54, 1.807) is 20.8 Å². The fourth-order valence-corrected chi connectivity index (χ4v) is 1.64. The third-order valence-electron chi connectivity index (χ3n) is 2.37. The Bertz CT molecular complexity index is 598. The molecule has 128 valence electrons. The zero-order valence-electron chi connectivity index (χ0n) is 12.7. The van der Waals surface area contributed by atoms with E-state index >= 15 is 0 Å². The number of nitrogens with one attached hydrogen (secondary N) is 2. The SMILES string of the molecule is CC(C)(C)OC(=O)Nc1ccc(NC(=O)CCl)c(C(F)(F)F)c1. The molecule has 1 aromatic carbocycles. The number of benzene rings is 1. The van der Waals surface area contributed by atoms with Gasteiger partial charge in [0.2, 0.25) is 5.91 Å². The van der Waals surface area contributed by atoms with Crippen molar-refractivity contribution in [1.29, 1.82) is 0 Å². The fourth-order valence-electron chi connectivity index (χ4n) is 1.57. The lowest BCUT2D eigenvalue weighted by molar-refractivity contribution is -0.136. The van der Waals surface area contributed by atoms with Gasteiger partial charge in [-0.05, 0) is 39.0 Å². The topological polar surface area (TPSA) is 67.4 Å². The van der Waals surface area contributed by atoms with Gasteiger partial charge in [0.05, 0.1) is 11.3 Å². The molecule has 0 radical (unpaired) electrons. The summed E-state index contributed by atoms with van der Waals surface area (Å²) in [4.78, 5) is 22.8. The van der Waals surface area contributed by atoms with Crippen molar-refractivity contribution >= 4 is 35.0 Å². The van der Waals surface area contributed by atoms with Crippen LogP contribution in [-0.2, 0) is 15.7 Å². The van der Waals surface area contributed by atoms with Crippen LogP contribution in [0.25, 0.3) is 0 Å². The van der Waals surface area contributed by atoms with Gasteiger partial charge in [0, 0.05) is 5.69 Å². The van der Waals surface area contributed by atoms with E-state index < -0.39 is 40.9 Å². The summed E-state index contributed by atoms with van der Waals surface area (Å²) in [6.45, 7) is 4.87. The zero-order chi connectivity index (χ0) is 17.8. The highest BCUT2D eigenvalue weighted by Gasteiger charge is 2.34. The third kappa shape index (κ3) is 6.35. The first-order valence-corrected chi connectivity index (χ1v) is 7.03. The minimum Gasteiger partial charge on any atom is -0.444 e. The number of ether oxygens (including phenoxy) is 1. The first-order valence-electron chi connectivity index (χ1n) is 6.49. The first kappa shape index (κ1) is 19.1. The summed E-state index contributed by atoms with van der Waals surface area (Å²) in [7, 11) is 0. The van der Waals surface area contributed by atoms with Crippen molar-refractivity contribution in [3.05, 3.63) is 23.8 Å². The average molecular weight is 353 g/mol. The largest absolute Gasteiger partial charge is 0.444 e. The van der Waals surface area contributed by atoms with Gasteiger partial charge in [-0.2, -0.15) is 13.2 Å². The van der Waals surface area contributed by atoms with E-state index in [1.165, 1.54) is 6.07 Å². The minimum absolute atomic E-state index is 0.115. The van der Waals surface area contributed by atoms with Crippen molar-refractivity contribution in [2.24, 2.45) is 0 Å². The maximum absolute atomic E-state index is 13.1. The van der Waals surface area contributed by atoms with Crippen molar-refractivity contribution in [3.8, 4) is 0 Å². The summed E-state index contributed by atoms with van der Waals surface area (Å²) in [5.41, 5.74) is -2.46. The van der Waals surface area contributed by atoms with Gasteiger partial charge in [0.1, 0.15) is 11.5 Å². The maximum atomic E-state index is 13.1. The molecule has 0 aromatic heterocycles. The first-order chi connectivity index (χ1) is 10.4. The van der Waals surface area contributed by atoms with Crippen LogP contribution in [0.4, 0.5) is 29.3 Å². The number of hydrogen-bond donors (Lipinski definition) is 2. The van der Waals surface area contributed by atoms with E-state index in [0.29, 0.717) is 6.07 Å². The van der Waals surface area contributed by atoms with Crippen molar-refractivity contribution in [2.45, 2.75) is 32.5 Å². The lowest BCUT2D eigenvalue weighted by Crippen LogP contribution is -2.27. The van der Waals surface area contributed by atoms with Crippen LogP contribution in [0.5, 0.6) is 0 Å². The fraction of sp³-hybridized carbons (Fsp3) is 0.429. The summed E-state index contributed by atoms with van der Waals surface area (Å²) >= 11 is 5.26. The highest BCUT2D eigenvalue weighted by molar-refractivity contribution is 6.29. The second-order valence-electron chi connectivity index (χ2n) is 5.57. The summed E-state index contributed by atoms with van der Waals surface area (Å²) in [6, 6.07) is 2.94. The van der Waals surface area contributed by atoms with Crippen LogP contribution in [0.2, 0.25) is 0 Å². The normalized spacial score (nSPS) is 11.8. The van der Waals surface area contributed by atoms with Gasteiger partial charge in [0.15, 0.2) is 0 Å². The Balaban J connectivity index is 3.05. The highest BCUT2D eigenvalue weighted by Crippen LogP contribution is 2.36. The number of amides is 2. The number of carbonyl (C=O) groups excluding carboxylic acids is 2. The predicted molar refractivity (Wildman–Crippen MR) is 80.7 cm³/mol. The number of carbonyl (C=O) groups is 2. The van der Waals surface area contributed by atoms with Crippen LogP contribution in [0.1, 0.15) is 26.3 Å². The van der Waals surface area contributed by atoms with Crippen molar-refractivity contribution in [2.75, 3.05) is 16.5 Å². The Morgan fingerprint density at radius 2 is 1.78 bits per heavy atom. The number of alkyl halides is 4. The minimum atomic E-state index is -4.72. The molecule has 1 rings (SSSR count). The molecule has 0 spiro atoms. The van der Waals surface area contributed by atoms with Crippen LogP contribution in [0.3, 0.4) is 0 Å². The van der Waals surface area contributed by atoms with Crippen LogP contribution >= 0.6 is 11.6 Å². The Hall–Kier alpha value is -1.96. The molecule has 0 aliphatic carbocycles. The van der Waals surface area contributed by atoms with E-state index in [1.807, 2.05) is 0 Å². The van der Waals surface area contributed by atoms with E-state index in [2.05, 4.69) is 10.6 Å². The number of rotatable bonds is 3. The van der Waals surface area contributed by atoms with Crippen molar-refractivity contribution in [1.82, 2.24) is 0 Å². The quantitative estimate of drug-likeness (QED) is 0.800. The van der Waals surface area contributed by atoms with Crippen LogP contribution < -0.4 is 10.6 Å². The van der Waals surface area contributed by atoms with Gasteiger partial charge in [0.25, 0.3) is 0 Å². The molecule has 0 fully saturated rings. The molecule has 0 saturated heterocycles. The van der Waals surface area contributed by atoms with Gasteiger partial charge in [-0.25, -0.2) is 4.79 Å². The Morgan fingerprint density at radius 1 is 1.17 bits per heavy atom. The molecule has 23 heavy (non-hydrogen) atoms. The number of hydrogen-bond acceptors (Lipinski definition) is 3. The predicted octanol–water partition coefficient (Wildman–Crippen LogP) is 4.23. The summed E-state index contributed by atoms with van der Waals surface area (Å²) < 4.78 is 44.2. The Morgan fingerprint density at radius 3 is 2.26 bits per heavy atom. The maximum Gasteiger partial charge on any atom is 0.418 e. The van der Waals surface area contributed by atoms with Crippen LogP contribution in [-0.4, -0.2) is 23.5 Å². The van der Waals surface area contributed by atoms with E-state index in [0.717, 1.165) is 6.07 Å². The van der Waals surface area contributed by atoms with E-state index in [-0.39, 0.29) is 5.69 Å². The molecule has 0 atom stereocenters. The van der Waals surface area contributed by atoms with Gasteiger partial charge >= 0.3 is 12.3 Å². The van der Waals surface area contributed by atoms with E-state index in [9.17, 15) is 22.8 Å². The molecule has 2 N–H and O–H groups in total. The van der Waals surface area contributed by atoms with E-state index in [4.69, 9.17) is 16.3 Å². The molecule has 9 heteroatoms. The monoisotopic (exact) mass is 352 g/mol. The molecule has 1 aromatic rings. The molecular formula is C14H16ClF3N2O3. The summed E-state index contributed by atoms with van der Waals surface area (Å²) in [5, 5.41) is 4.26. The van der Waals surface area contributed by atoms with Crippen molar-refractivity contribution in [3.63, 3.8) is 0 Å². The molecule has 0 bridgehead atoms. The Kier molecular flexibility index (Phi) is 5.87. The lowest BCUT2D eigenvalue weighted by atomic mass is 10.1. The number of anilines is 2. The number of halogens is 4. The standard InChI is InChI=1S/C14H16ClF3N2O3/c1-13(2,3)23-12(22)19-8-4-5-10(20-11(21)7-15)9(6-8)14(16,17)18/h4-6H,7H2,1-3H3,(H,19,22)(H,20,21). The smallest absolute Gasteiger partial charge is 0.418 e.